The third kappa shape index (κ3) is 2.70. The number of rotatable bonds is 4. The quantitative estimate of drug-likeness (QED) is 0.848. The third-order valence-electron chi connectivity index (χ3n) is 2.89. The van der Waals surface area contributed by atoms with Crippen molar-refractivity contribution in [2.75, 3.05) is 7.05 Å². The fourth-order valence-electron chi connectivity index (χ4n) is 1.64. The number of hydrogen-bond donors (Lipinski definition) is 2. The van der Waals surface area contributed by atoms with Crippen molar-refractivity contribution in [3.05, 3.63) is 29.3 Å². The molecule has 6 heteroatoms. The Morgan fingerprint density at radius 1 is 1.33 bits per heavy atom. The molecule has 0 atom stereocenters. The van der Waals surface area contributed by atoms with E-state index in [1.165, 1.54) is 19.2 Å². The van der Waals surface area contributed by atoms with Crippen LogP contribution in [-0.4, -0.2) is 27.4 Å². The second-order valence-corrected chi connectivity index (χ2v) is 6.17. The molecule has 0 heterocycles. The standard InChI is InChI=1S/C12H16N2O3S/c1-8-3-6-10(7-11(8)12(15)13-2)18(16,17)14-9-4-5-9/h3,6-7,9,14H,4-5H2,1-2H3,(H,13,15). The minimum Gasteiger partial charge on any atom is -0.355 e. The van der Waals surface area contributed by atoms with Gasteiger partial charge in [-0.3, -0.25) is 4.79 Å². The molecule has 1 aromatic rings. The molecule has 0 aliphatic heterocycles. The topological polar surface area (TPSA) is 75.3 Å². The monoisotopic (exact) mass is 268 g/mol. The van der Waals surface area contributed by atoms with Crippen molar-refractivity contribution >= 4 is 15.9 Å². The van der Waals surface area contributed by atoms with Crippen LogP contribution in [0.2, 0.25) is 0 Å². The normalized spacial score (nSPS) is 15.4. The Balaban J connectivity index is 2.36. The molecule has 18 heavy (non-hydrogen) atoms. The molecule has 1 fully saturated rings. The Morgan fingerprint density at radius 3 is 2.56 bits per heavy atom. The van der Waals surface area contributed by atoms with E-state index in [1.807, 2.05) is 0 Å². The van der Waals surface area contributed by atoms with E-state index in [2.05, 4.69) is 10.0 Å². The first-order chi connectivity index (χ1) is 8.44. The fraction of sp³-hybridized carbons (Fsp3) is 0.417. The molecule has 0 bridgehead atoms. The molecule has 98 valence electrons. The van der Waals surface area contributed by atoms with E-state index in [-0.39, 0.29) is 16.8 Å². The van der Waals surface area contributed by atoms with E-state index in [9.17, 15) is 13.2 Å². The molecule has 0 saturated heterocycles. The number of carbonyl (C=O) groups is 1. The molecule has 0 aromatic heterocycles. The number of carbonyl (C=O) groups excluding carboxylic acids is 1. The van der Waals surface area contributed by atoms with Gasteiger partial charge in [-0.2, -0.15) is 0 Å². The van der Waals surface area contributed by atoms with Crippen LogP contribution in [0.5, 0.6) is 0 Å². The van der Waals surface area contributed by atoms with Crippen molar-refractivity contribution in [3.8, 4) is 0 Å². The van der Waals surface area contributed by atoms with Gasteiger partial charge in [-0.25, -0.2) is 13.1 Å². The van der Waals surface area contributed by atoms with E-state index in [0.29, 0.717) is 5.56 Å². The minimum absolute atomic E-state index is 0.0553. The lowest BCUT2D eigenvalue weighted by molar-refractivity contribution is 0.0962. The van der Waals surface area contributed by atoms with Crippen molar-refractivity contribution in [1.82, 2.24) is 10.0 Å². The average Bonchev–Trinajstić information content (AvgIpc) is 3.11. The van der Waals surface area contributed by atoms with Crippen molar-refractivity contribution < 1.29 is 13.2 Å². The highest BCUT2D eigenvalue weighted by Crippen LogP contribution is 2.23. The zero-order valence-electron chi connectivity index (χ0n) is 10.4. The molecule has 0 unspecified atom stereocenters. The summed E-state index contributed by atoms with van der Waals surface area (Å²) in [5.74, 6) is -0.282. The summed E-state index contributed by atoms with van der Waals surface area (Å²) in [5.41, 5.74) is 1.14. The molecule has 1 amide bonds. The number of aryl methyl sites for hydroxylation is 1. The highest BCUT2D eigenvalue weighted by atomic mass is 32.2. The predicted molar refractivity (Wildman–Crippen MR) is 67.9 cm³/mol. The molecule has 0 spiro atoms. The second kappa shape index (κ2) is 4.70. The lowest BCUT2D eigenvalue weighted by atomic mass is 10.1. The van der Waals surface area contributed by atoms with Gasteiger partial charge in [0.1, 0.15) is 0 Å². The van der Waals surface area contributed by atoms with E-state index in [0.717, 1.165) is 18.4 Å². The van der Waals surface area contributed by atoms with Crippen LogP contribution in [0.25, 0.3) is 0 Å². The summed E-state index contributed by atoms with van der Waals surface area (Å²) in [6.45, 7) is 1.77. The first kappa shape index (κ1) is 13.0. The SMILES string of the molecule is CNC(=O)c1cc(S(=O)(=O)NC2CC2)ccc1C. The van der Waals surface area contributed by atoms with Crippen molar-refractivity contribution in [2.24, 2.45) is 0 Å². The van der Waals surface area contributed by atoms with Crippen LogP contribution in [-0.2, 0) is 10.0 Å². The summed E-state index contributed by atoms with van der Waals surface area (Å²) in [4.78, 5) is 11.8. The Labute approximate surface area is 107 Å². The van der Waals surface area contributed by atoms with Crippen LogP contribution >= 0.6 is 0 Å². The summed E-state index contributed by atoms with van der Waals surface area (Å²) in [7, 11) is -1.99. The van der Waals surface area contributed by atoms with Gasteiger partial charge in [-0.05, 0) is 37.5 Å². The first-order valence-electron chi connectivity index (χ1n) is 5.79. The lowest BCUT2D eigenvalue weighted by Crippen LogP contribution is -2.26. The Kier molecular flexibility index (Phi) is 3.41. The number of benzene rings is 1. The van der Waals surface area contributed by atoms with Gasteiger partial charge in [0.2, 0.25) is 10.0 Å². The van der Waals surface area contributed by atoms with Gasteiger partial charge in [0.25, 0.3) is 5.91 Å². The first-order valence-corrected chi connectivity index (χ1v) is 7.27. The Bertz CT molecular complexity index is 577. The molecule has 0 radical (unpaired) electrons. The van der Waals surface area contributed by atoms with Gasteiger partial charge in [0.05, 0.1) is 4.90 Å². The van der Waals surface area contributed by atoms with Crippen LogP contribution in [0.4, 0.5) is 0 Å². The maximum atomic E-state index is 12.0. The van der Waals surface area contributed by atoms with Crippen LogP contribution in [0.1, 0.15) is 28.8 Å². The zero-order valence-corrected chi connectivity index (χ0v) is 11.2. The molecule has 1 aromatic carbocycles. The molecule has 1 saturated carbocycles. The number of amides is 1. The van der Waals surface area contributed by atoms with E-state index < -0.39 is 10.0 Å². The van der Waals surface area contributed by atoms with Gasteiger partial charge in [-0.15, -0.1) is 0 Å². The fourth-order valence-corrected chi connectivity index (χ4v) is 2.97. The van der Waals surface area contributed by atoms with Gasteiger partial charge in [-0.1, -0.05) is 6.07 Å². The largest absolute Gasteiger partial charge is 0.355 e. The smallest absolute Gasteiger partial charge is 0.251 e. The van der Waals surface area contributed by atoms with Crippen LogP contribution < -0.4 is 10.0 Å². The lowest BCUT2D eigenvalue weighted by Gasteiger charge is -2.09. The van der Waals surface area contributed by atoms with Gasteiger partial charge in [0.15, 0.2) is 0 Å². The molecule has 1 aliphatic rings. The molecule has 2 N–H and O–H groups in total. The summed E-state index contributed by atoms with van der Waals surface area (Å²) in [6, 6.07) is 4.64. The van der Waals surface area contributed by atoms with Crippen LogP contribution in [0.3, 0.4) is 0 Å². The van der Waals surface area contributed by atoms with Crippen molar-refractivity contribution in [1.29, 1.82) is 0 Å². The maximum absolute atomic E-state index is 12.0. The molecular weight excluding hydrogens is 252 g/mol. The Hall–Kier alpha value is -1.40. The molecule has 5 nitrogen and oxygen atoms in total. The highest BCUT2D eigenvalue weighted by Gasteiger charge is 2.28. The summed E-state index contributed by atoms with van der Waals surface area (Å²) in [5, 5.41) is 2.50. The highest BCUT2D eigenvalue weighted by molar-refractivity contribution is 7.89. The number of nitrogens with one attached hydrogen (secondary N) is 2. The Morgan fingerprint density at radius 2 is 2.00 bits per heavy atom. The van der Waals surface area contributed by atoms with E-state index >= 15 is 0 Å². The van der Waals surface area contributed by atoms with Crippen molar-refractivity contribution in [3.63, 3.8) is 0 Å². The summed E-state index contributed by atoms with van der Waals surface area (Å²) in [6.07, 6.45) is 1.76. The van der Waals surface area contributed by atoms with Crippen molar-refractivity contribution in [2.45, 2.75) is 30.7 Å². The summed E-state index contributed by atoms with van der Waals surface area (Å²) < 4.78 is 26.6. The van der Waals surface area contributed by atoms with E-state index in [1.54, 1.807) is 13.0 Å². The number of sulfonamides is 1. The molecule has 1 aliphatic carbocycles. The second-order valence-electron chi connectivity index (χ2n) is 4.45. The minimum atomic E-state index is -3.51. The number of hydrogen-bond acceptors (Lipinski definition) is 3. The maximum Gasteiger partial charge on any atom is 0.251 e. The summed E-state index contributed by atoms with van der Waals surface area (Å²) >= 11 is 0. The van der Waals surface area contributed by atoms with Gasteiger partial charge >= 0.3 is 0 Å². The predicted octanol–water partition coefficient (Wildman–Crippen LogP) is 0.795. The van der Waals surface area contributed by atoms with E-state index in [4.69, 9.17) is 0 Å². The van der Waals surface area contributed by atoms with Crippen LogP contribution in [0.15, 0.2) is 23.1 Å². The third-order valence-corrected chi connectivity index (χ3v) is 4.41. The molecular formula is C12H16N2O3S. The van der Waals surface area contributed by atoms with Gasteiger partial charge < -0.3 is 5.32 Å². The van der Waals surface area contributed by atoms with Gasteiger partial charge in [0, 0.05) is 18.7 Å². The average molecular weight is 268 g/mol. The van der Waals surface area contributed by atoms with Crippen LogP contribution in [0, 0.1) is 6.92 Å². The molecule has 2 rings (SSSR count). The zero-order chi connectivity index (χ0) is 13.3.